The molecule has 0 spiro atoms. The van der Waals surface area contributed by atoms with Crippen LogP contribution in [0.2, 0.25) is 0 Å². The molecule has 0 aliphatic carbocycles. The fourth-order valence-corrected chi connectivity index (χ4v) is 5.07. The van der Waals surface area contributed by atoms with E-state index in [0.29, 0.717) is 24.3 Å². The number of carbonyl (C=O) groups is 1. The summed E-state index contributed by atoms with van der Waals surface area (Å²) in [6.45, 7) is 3.10. The third kappa shape index (κ3) is 3.40. The van der Waals surface area contributed by atoms with Crippen LogP contribution in [0, 0.1) is 11.8 Å². The summed E-state index contributed by atoms with van der Waals surface area (Å²) in [4.78, 5) is 13.7. The summed E-state index contributed by atoms with van der Waals surface area (Å²) in [5.74, 6) is -0.703. The van der Waals surface area contributed by atoms with Gasteiger partial charge in [0, 0.05) is 12.5 Å². The van der Waals surface area contributed by atoms with E-state index in [1.54, 1.807) is 12.1 Å². The molecule has 0 aromatic heterocycles. The van der Waals surface area contributed by atoms with Gasteiger partial charge in [0.1, 0.15) is 11.3 Å². The van der Waals surface area contributed by atoms with E-state index in [0.717, 1.165) is 38.0 Å². The number of hydrogen-bond donors (Lipinski definition) is 3. The minimum atomic E-state index is -1.14. The summed E-state index contributed by atoms with van der Waals surface area (Å²) in [5, 5.41) is 31.6. The normalized spacial score (nSPS) is 26.0. The summed E-state index contributed by atoms with van der Waals surface area (Å²) in [6.07, 6.45) is 3.09. The molecule has 3 aliphatic rings. The van der Waals surface area contributed by atoms with Crippen LogP contribution in [0.3, 0.4) is 0 Å². The summed E-state index contributed by atoms with van der Waals surface area (Å²) in [5.41, 5.74) is 0.373. The van der Waals surface area contributed by atoms with Gasteiger partial charge in [-0.05, 0) is 61.9 Å². The Morgan fingerprint density at radius 2 is 1.79 bits per heavy atom. The third-order valence-electron chi connectivity index (χ3n) is 6.67. The first-order chi connectivity index (χ1) is 13.5. The van der Waals surface area contributed by atoms with Crippen molar-refractivity contribution in [2.24, 2.45) is 11.8 Å². The molecule has 2 aromatic carbocycles. The molecular formula is C23H27NO4. The molecule has 3 heterocycles. The highest BCUT2D eigenvalue weighted by Crippen LogP contribution is 2.46. The average molecular weight is 381 g/mol. The van der Waals surface area contributed by atoms with Crippen LogP contribution < -0.4 is 0 Å². The lowest BCUT2D eigenvalue weighted by Crippen LogP contribution is -2.55. The number of fused-ring (bicyclic) bond motifs is 3. The molecule has 5 nitrogen and oxygen atoms in total. The Balaban J connectivity index is 1.64. The number of aromatic hydroxyl groups is 1. The van der Waals surface area contributed by atoms with Gasteiger partial charge < -0.3 is 20.2 Å². The Hall–Kier alpha value is -2.37. The molecular weight excluding hydrogens is 354 g/mol. The number of phenols is 1. The fourth-order valence-electron chi connectivity index (χ4n) is 5.07. The molecule has 0 radical (unpaired) electrons. The number of rotatable bonds is 6. The summed E-state index contributed by atoms with van der Waals surface area (Å²) < 4.78 is 0. The maximum atomic E-state index is 11.9. The lowest BCUT2D eigenvalue weighted by molar-refractivity contribution is -0.106. The van der Waals surface area contributed by atoms with Gasteiger partial charge in [0.05, 0.1) is 5.60 Å². The monoisotopic (exact) mass is 381 g/mol. The van der Waals surface area contributed by atoms with Crippen molar-refractivity contribution >= 4 is 5.97 Å². The van der Waals surface area contributed by atoms with E-state index >= 15 is 0 Å². The molecule has 2 aromatic rings. The number of carboxylic acid groups (broad SMARTS) is 1. The molecule has 3 aliphatic heterocycles. The van der Waals surface area contributed by atoms with Crippen LogP contribution in [-0.4, -0.2) is 45.8 Å². The Morgan fingerprint density at radius 1 is 1.07 bits per heavy atom. The Kier molecular flexibility index (Phi) is 5.13. The molecule has 2 bridgehead atoms. The van der Waals surface area contributed by atoms with Gasteiger partial charge >= 0.3 is 5.97 Å². The summed E-state index contributed by atoms with van der Waals surface area (Å²) >= 11 is 0. The standard InChI is InChI=1S/C23H27NO4/c25-21-17(5-4-8-19(21)22(26)27)9-12-23(28,18-6-2-1-3-7-18)20-15-24-13-10-16(20)11-14-24/h1-8,16,20,25,28H,9-15H2,(H,26,27). The van der Waals surface area contributed by atoms with Crippen LogP contribution in [0.25, 0.3) is 0 Å². The van der Waals surface area contributed by atoms with E-state index in [1.165, 1.54) is 6.07 Å². The van der Waals surface area contributed by atoms with Gasteiger partial charge in [0.15, 0.2) is 0 Å². The maximum absolute atomic E-state index is 11.9. The van der Waals surface area contributed by atoms with Crippen molar-refractivity contribution in [3.8, 4) is 5.75 Å². The van der Waals surface area contributed by atoms with Gasteiger partial charge in [0.2, 0.25) is 0 Å². The Morgan fingerprint density at radius 3 is 2.39 bits per heavy atom. The van der Waals surface area contributed by atoms with Crippen molar-refractivity contribution in [3.05, 3.63) is 65.2 Å². The fraction of sp³-hybridized carbons (Fsp3) is 0.435. The molecule has 5 heteroatoms. The number of para-hydroxylation sites is 1. The molecule has 3 N–H and O–H groups in total. The van der Waals surface area contributed by atoms with Crippen LogP contribution in [0.5, 0.6) is 5.75 Å². The molecule has 0 saturated carbocycles. The van der Waals surface area contributed by atoms with Crippen LogP contribution in [0.1, 0.15) is 40.7 Å². The SMILES string of the molecule is O=C(O)c1cccc(CCC(O)(c2ccccc2)C2CN3CCC2CC3)c1O. The number of piperidine rings is 3. The topological polar surface area (TPSA) is 81.0 Å². The second-order valence-electron chi connectivity index (χ2n) is 8.15. The molecule has 2 unspecified atom stereocenters. The van der Waals surface area contributed by atoms with Crippen LogP contribution in [0.15, 0.2) is 48.5 Å². The number of aromatic carboxylic acids is 1. The van der Waals surface area contributed by atoms with E-state index in [4.69, 9.17) is 0 Å². The highest BCUT2D eigenvalue weighted by Gasteiger charge is 2.47. The number of hydrogen-bond acceptors (Lipinski definition) is 4. The first-order valence-electron chi connectivity index (χ1n) is 10.0. The first-order valence-corrected chi connectivity index (χ1v) is 10.0. The van der Waals surface area contributed by atoms with Crippen molar-refractivity contribution in [2.75, 3.05) is 19.6 Å². The number of aryl methyl sites for hydroxylation is 1. The van der Waals surface area contributed by atoms with Gasteiger partial charge in [-0.25, -0.2) is 4.79 Å². The zero-order valence-electron chi connectivity index (χ0n) is 15.9. The van der Waals surface area contributed by atoms with E-state index in [1.807, 2.05) is 30.3 Å². The van der Waals surface area contributed by atoms with Crippen LogP contribution in [0.4, 0.5) is 0 Å². The predicted molar refractivity (Wildman–Crippen MR) is 106 cm³/mol. The van der Waals surface area contributed by atoms with Crippen molar-refractivity contribution in [1.82, 2.24) is 4.90 Å². The smallest absolute Gasteiger partial charge is 0.339 e. The summed E-state index contributed by atoms with van der Waals surface area (Å²) in [6, 6.07) is 14.6. The van der Waals surface area contributed by atoms with E-state index in [-0.39, 0.29) is 17.2 Å². The van der Waals surface area contributed by atoms with Crippen molar-refractivity contribution in [2.45, 2.75) is 31.3 Å². The predicted octanol–water partition coefficient (Wildman–Crippen LogP) is 3.25. The van der Waals surface area contributed by atoms with E-state index in [9.17, 15) is 20.1 Å². The van der Waals surface area contributed by atoms with Gasteiger partial charge in [0.25, 0.3) is 0 Å². The summed E-state index contributed by atoms with van der Waals surface area (Å²) in [7, 11) is 0. The maximum Gasteiger partial charge on any atom is 0.339 e. The van der Waals surface area contributed by atoms with Crippen molar-refractivity contribution in [1.29, 1.82) is 0 Å². The zero-order valence-corrected chi connectivity index (χ0v) is 15.9. The lowest BCUT2D eigenvalue weighted by Gasteiger charge is -2.51. The molecule has 28 heavy (non-hydrogen) atoms. The molecule has 3 fully saturated rings. The van der Waals surface area contributed by atoms with E-state index < -0.39 is 11.6 Å². The van der Waals surface area contributed by atoms with Crippen LogP contribution in [-0.2, 0) is 12.0 Å². The van der Waals surface area contributed by atoms with Crippen LogP contribution >= 0.6 is 0 Å². The highest BCUT2D eigenvalue weighted by atomic mass is 16.4. The Bertz CT molecular complexity index is 845. The Labute approximate surface area is 165 Å². The molecule has 0 amide bonds. The third-order valence-corrected chi connectivity index (χ3v) is 6.67. The molecule has 3 saturated heterocycles. The largest absolute Gasteiger partial charge is 0.507 e. The number of aliphatic hydroxyl groups is 1. The quantitative estimate of drug-likeness (QED) is 0.716. The van der Waals surface area contributed by atoms with Gasteiger partial charge in [-0.15, -0.1) is 0 Å². The number of nitrogens with zero attached hydrogens (tertiary/aromatic N) is 1. The second-order valence-corrected chi connectivity index (χ2v) is 8.15. The van der Waals surface area contributed by atoms with Crippen molar-refractivity contribution < 1.29 is 20.1 Å². The minimum absolute atomic E-state index is 0.0939. The zero-order chi connectivity index (χ0) is 19.7. The molecule has 5 rings (SSSR count). The molecule has 148 valence electrons. The minimum Gasteiger partial charge on any atom is -0.507 e. The lowest BCUT2D eigenvalue weighted by atomic mass is 9.66. The van der Waals surface area contributed by atoms with E-state index in [2.05, 4.69) is 4.90 Å². The van der Waals surface area contributed by atoms with Gasteiger partial charge in [-0.2, -0.15) is 0 Å². The van der Waals surface area contributed by atoms with Crippen molar-refractivity contribution in [3.63, 3.8) is 0 Å². The second kappa shape index (κ2) is 7.57. The average Bonchev–Trinajstić information content (AvgIpc) is 2.74. The van der Waals surface area contributed by atoms with Gasteiger partial charge in [-0.3, -0.25) is 0 Å². The number of carboxylic acids is 1. The first kappa shape index (κ1) is 19.0. The molecule has 2 atom stereocenters. The van der Waals surface area contributed by atoms with Gasteiger partial charge in [-0.1, -0.05) is 42.5 Å². The number of benzene rings is 2. The highest BCUT2D eigenvalue weighted by molar-refractivity contribution is 5.91.